The van der Waals surface area contributed by atoms with Gasteiger partial charge in [0.2, 0.25) is 0 Å². The summed E-state index contributed by atoms with van der Waals surface area (Å²) in [5.41, 5.74) is 0.216. The van der Waals surface area contributed by atoms with Crippen molar-refractivity contribution >= 4 is 11.3 Å². The maximum absolute atomic E-state index is 12.6. The Labute approximate surface area is 115 Å². The van der Waals surface area contributed by atoms with Crippen molar-refractivity contribution in [2.75, 3.05) is 6.54 Å². The summed E-state index contributed by atoms with van der Waals surface area (Å²) in [6.07, 6.45) is -0.936. The number of thiazole rings is 1. The molecule has 0 radical (unpaired) electrons. The van der Waals surface area contributed by atoms with Crippen molar-refractivity contribution in [1.82, 2.24) is 10.3 Å². The van der Waals surface area contributed by atoms with Gasteiger partial charge in [-0.3, -0.25) is 0 Å². The molecule has 2 rings (SSSR count). The number of hydrogen-bond acceptors (Lipinski definition) is 3. The Morgan fingerprint density at radius 2 is 2.16 bits per heavy atom. The van der Waals surface area contributed by atoms with Crippen LogP contribution in [0.15, 0.2) is 6.20 Å². The van der Waals surface area contributed by atoms with E-state index in [1.54, 1.807) is 0 Å². The molecular weight excluding hydrogens is 273 g/mol. The first-order valence-corrected chi connectivity index (χ1v) is 7.33. The molecule has 0 bridgehead atoms. The Kier molecular flexibility index (Phi) is 3.93. The lowest BCUT2D eigenvalue weighted by Crippen LogP contribution is -2.24. The van der Waals surface area contributed by atoms with Crippen LogP contribution in [0.1, 0.15) is 49.5 Å². The van der Waals surface area contributed by atoms with Gasteiger partial charge in [0, 0.05) is 17.1 Å². The second-order valence-corrected chi connectivity index (χ2v) is 6.86. The first-order valence-electron chi connectivity index (χ1n) is 6.52. The second kappa shape index (κ2) is 5.05. The molecule has 19 heavy (non-hydrogen) atoms. The third kappa shape index (κ3) is 3.28. The van der Waals surface area contributed by atoms with Crippen LogP contribution in [0.25, 0.3) is 0 Å². The highest BCUT2D eigenvalue weighted by atomic mass is 32.1. The van der Waals surface area contributed by atoms with Crippen LogP contribution in [-0.4, -0.2) is 11.5 Å². The van der Waals surface area contributed by atoms with E-state index in [1.807, 2.05) is 0 Å². The number of rotatable bonds is 5. The fourth-order valence-corrected chi connectivity index (χ4v) is 3.30. The molecule has 0 amide bonds. The van der Waals surface area contributed by atoms with Crippen molar-refractivity contribution < 1.29 is 13.2 Å². The largest absolute Gasteiger partial charge is 0.443 e. The van der Waals surface area contributed by atoms with Crippen molar-refractivity contribution in [3.8, 4) is 0 Å². The third-order valence-corrected chi connectivity index (χ3v) is 4.80. The van der Waals surface area contributed by atoms with E-state index < -0.39 is 11.2 Å². The first-order chi connectivity index (χ1) is 8.75. The summed E-state index contributed by atoms with van der Waals surface area (Å²) in [7, 11) is 0. The van der Waals surface area contributed by atoms with Gasteiger partial charge >= 0.3 is 6.18 Å². The molecule has 0 spiro atoms. The highest BCUT2D eigenvalue weighted by Gasteiger charge is 2.51. The molecule has 0 saturated heterocycles. The van der Waals surface area contributed by atoms with Gasteiger partial charge in [0.25, 0.3) is 0 Å². The molecule has 1 aromatic heterocycles. The summed E-state index contributed by atoms with van der Waals surface area (Å²) in [5.74, 6) is 0.403. The normalized spacial score (nSPS) is 23.4. The number of nitrogens with zero attached hydrogens (tertiary/aromatic N) is 1. The molecule has 0 aliphatic heterocycles. The van der Waals surface area contributed by atoms with E-state index in [-0.39, 0.29) is 11.5 Å². The molecule has 2 nitrogen and oxygen atoms in total. The zero-order chi connectivity index (χ0) is 14.3. The predicted molar refractivity (Wildman–Crippen MR) is 70.0 cm³/mol. The highest BCUT2D eigenvalue weighted by molar-refractivity contribution is 7.11. The molecule has 1 fully saturated rings. The number of alkyl halides is 3. The summed E-state index contributed by atoms with van der Waals surface area (Å²) in [4.78, 5) is 4.23. The van der Waals surface area contributed by atoms with Gasteiger partial charge in [0.1, 0.15) is 0 Å². The Balaban J connectivity index is 2.17. The van der Waals surface area contributed by atoms with Crippen molar-refractivity contribution in [1.29, 1.82) is 0 Å². The molecule has 0 aromatic carbocycles. The smallest absolute Gasteiger partial charge is 0.309 e. The van der Waals surface area contributed by atoms with Crippen LogP contribution >= 0.6 is 11.3 Å². The van der Waals surface area contributed by atoms with Crippen molar-refractivity contribution in [2.24, 2.45) is 11.3 Å². The average molecular weight is 292 g/mol. The zero-order valence-corrected chi connectivity index (χ0v) is 12.2. The molecule has 1 aliphatic rings. The van der Waals surface area contributed by atoms with Crippen LogP contribution in [-0.2, 0) is 6.18 Å². The third-order valence-electron chi connectivity index (χ3n) is 3.68. The lowest BCUT2D eigenvalue weighted by Gasteiger charge is -2.18. The maximum Gasteiger partial charge on any atom is 0.443 e. The summed E-state index contributed by atoms with van der Waals surface area (Å²) in [6, 6.07) is 0.00329. The lowest BCUT2D eigenvalue weighted by molar-refractivity contribution is -0.137. The Morgan fingerprint density at radius 1 is 1.53 bits per heavy atom. The van der Waals surface area contributed by atoms with E-state index >= 15 is 0 Å². The predicted octanol–water partition coefficient (Wildman–Crippen LogP) is 4.25. The minimum Gasteiger partial charge on any atom is -0.309 e. The quantitative estimate of drug-likeness (QED) is 0.877. The van der Waals surface area contributed by atoms with Gasteiger partial charge in [0.15, 0.2) is 5.01 Å². The van der Waals surface area contributed by atoms with Gasteiger partial charge < -0.3 is 5.32 Å². The molecule has 1 N–H and O–H groups in total. The van der Waals surface area contributed by atoms with Crippen molar-refractivity contribution in [3.05, 3.63) is 16.1 Å². The van der Waals surface area contributed by atoms with E-state index in [4.69, 9.17) is 0 Å². The van der Waals surface area contributed by atoms with Gasteiger partial charge in [-0.25, -0.2) is 4.98 Å². The molecule has 1 saturated carbocycles. The van der Waals surface area contributed by atoms with E-state index in [0.29, 0.717) is 10.8 Å². The van der Waals surface area contributed by atoms with Crippen LogP contribution in [0.5, 0.6) is 0 Å². The number of hydrogen-bond donors (Lipinski definition) is 1. The molecule has 108 valence electrons. The standard InChI is InChI=1S/C13H19F3N2S/c1-4-5-17-10(8-6-12(8,2)3)9-7-18-11(19-9)13(14,15)16/h7-8,10,17H,4-6H2,1-3H3. The maximum atomic E-state index is 12.6. The fourth-order valence-electron chi connectivity index (χ4n) is 2.38. The molecule has 6 heteroatoms. The van der Waals surface area contributed by atoms with E-state index in [9.17, 15) is 13.2 Å². The minimum atomic E-state index is -4.34. The van der Waals surface area contributed by atoms with Crippen LogP contribution in [0.3, 0.4) is 0 Å². The van der Waals surface area contributed by atoms with E-state index in [0.717, 1.165) is 30.7 Å². The van der Waals surface area contributed by atoms with Gasteiger partial charge in [-0.05, 0) is 30.7 Å². The lowest BCUT2D eigenvalue weighted by atomic mass is 10.0. The Hall–Kier alpha value is -0.620. The van der Waals surface area contributed by atoms with Crippen molar-refractivity contribution in [3.63, 3.8) is 0 Å². The molecule has 2 atom stereocenters. The van der Waals surface area contributed by atoms with Crippen LogP contribution in [0.2, 0.25) is 0 Å². The average Bonchev–Trinajstić information content (AvgIpc) is 2.76. The van der Waals surface area contributed by atoms with E-state index in [2.05, 4.69) is 31.1 Å². The van der Waals surface area contributed by atoms with Gasteiger partial charge in [0.05, 0.1) is 0 Å². The summed E-state index contributed by atoms with van der Waals surface area (Å²) in [5, 5.41) is 2.63. The van der Waals surface area contributed by atoms with Gasteiger partial charge in [-0.2, -0.15) is 13.2 Å². The SMILES string of the molecule is CCCNC(c1cnc(C(F)(F)F)s1)C1CC1(C)C. The highest BCUT2D eigenvalue weighted by Crippen LogP contribution is 2.58. The second-order valence-electron chi connectivity index (χ2n) is 5.80. The summed E-state index contributed by atoms with van der Waals surface area (Å²) in [6.45, 7) is 7.18. The molecule has 1 heterocycles. The first kappa shape index (κ1) is 14.8. The van der Waals surface area contributed by atoms with E-state index in [1.165, 1.54) is 6.20 Å². The monoisotopic (exact) mass is 292 g/mol. The van der Waals surface area contributed by atoms with Gasteiger partial charge in [-0.1, -0.05) is 20.8 Å². The van der Waals surface area contributed by atoms with Gasteiger partial charge in [-0.15, -0.1) is 11.3 Å². The summed E-state index contributed by atoms with van der Waals surface area (Å²) >= 11 is 0.769. The van der Waals surface area contributed by atoms with Crippen LogP contribution in [0.4, 0.5) is 13.2 Å². The Bertz CT molecular complexity index is 439. The van der Waals surface area contributed by atoms with Crippen LogP contribution < -0.4 is 5.32 Å². The topological polar surface area (TPSA) is 24.9 Å². The zero-order valence-electron chi connectivity index (χ0n) is 11.3. The Morgan fingerprint density at radius 3 is 2.58 bits per heavy atom. The number of aromatic nitrogens is 1. The number of halogens is 3. The molecular formula is C13H19F3N2S. The van der Waals surface area contributed by atoms with Crippen LogP contribution in [0, 0.1) is 11.3 Å². The summed E-state index contributed by atoms with van der Waals surface area (Å²) < 4.78 is 37.8. The number of nitrogens with one attached hydrogen (secondary N) is 1. The minimum absolute atomic E-state index is 0.00329. The van der Waals surface area contributed by atoms with Crippen molar-refractivity contribution in [2.45, 2.75) is 45.8 Å². The molecule has 1 aromatic rings. The molecule has 1 aliphatic carbocycles. The molecule has 2 unspecified atom stereocenters. The fraction of sp³-hybridized carbons (Fsp3) is 0.769.